The van der Waals surface area contributed by atoms with Gasteiger partial charge in [-0.3, -0.25) is 0 Å². The third kappa shape index (κ3) is 3.99. The summed E-state index contributed by atoms with van der Waals surface area (Å²) in [5.41, 5.74) is 0. The Morgan fingerprint density at radius 3 is 2.73 bits per heavy atom. The van der Waals surface area contributed by atoms with E-state index in [9.17, 15) is 4.79 Å². The maximum atomic E-state index is 11.1. The average molecular weight is 210 g/mol. The molecule has 0 radical (unpaired) electrons. The minimum Gasteiger partial charge on any atom is -0.494 e. The molecule has 4 heteroatoms. The second-order valence-electron chi connectivity index (χ2n) is 2.81. The lowest BCUT2D eigenvalue weighted by Crippen LogP contribution is -2.14. The lowest BCUT2D eigenvalue weighted by molar-refractivity contribution is -0.138. The summed E-state index contributed by atoms with van der Waals surface area (Å²) >= 11 is 0. The normalized spacial score (nSPS) is 9.73. The summed E-state index contributed by atoms with van der Waals surface area (Å²) in [6.07, 6.45) is 0. The van der Waals surface area contributed by atoms with E-state index >= 15 is 0 Å². The first kappa shape index (κ1) is 11.5. The Labute approximate surface area is 88.8 Å². The number of methoxy groups -OCH3 is 1. The maximum Gasteiger partial charge on any atom is 0.337 e. The first-order chi connectivity index (χ1) is 7.26. The lowest BCUT2D eigenvalue weighted by Gasteiger charge is -2.06. The number of carbonyl (C=O) groups is 1. The predicted molar refractivity (Wildman–Crippen MR) is 55.1 cm³/mol. The first-order valence-corrected chi connectivity index (χ1v) is 4.68. The molecule has 1 aromatic carbocycles. The zero-order chi connectivity index (χ0) is 11.1. The zero-order valence-corrected chi connectivity index (χ0v) is 8.86. The van der Waals surface area contributed by atoms with Gasteiger partial charge in [-0.2, -0.15) is 0 Å². The highest BCUT2D eigenvalue weighted by molar-refractivity contribution is 5.73. The molecule has 0 heterocycles. The van der Waals surface area contributed by atoms with Crippen LogP contribution in [-0.4, -0.2) is 26.3 Å². The van der Waals surface area contributed by atoms with Crippen molar-refractivity contribution in [2.45, 2.75) is 6.92 Å². The quantitative estimate of drug-likeness (QED) is 0.547. The first-order valence-electron chi connectivity index (χ1n) is 4.68. The van der Waals surface area contributed by atoms with E-state index < -0.39 is 5.97 Å². The molecule has 0 atom stereocenters. The number of ether oxygens (including phenoxy) is 3. The second-order valence-corrected chi connectivity index (χ2v) is 2.81. The predicted octanol–water partition coefficient (Wildman–Crippen LogP) is 1.64. The molecule has 0 unspecified atom stereocenters. The molecule has 0 fully saturated rings. The topological polar surface area (TPSA) is 44.8 Å². The van der Waals surface area contributed by atoms with Crippen molar-refractivity contribution in [1.29, 1.82) is 0 Å². The standard InChI is InChI=1S/C11H14O4/c1-3-14-9-5-4-6-10(7-9)15-11(12)8-13-2/h4-7H,3,8H2,1-2H3. The third-order valence-corrected chi connectivity index (χ3v) is 1.61. The Morgan fingerprint density at radius 2 is 2.07 bits per heavy atom. The molecule has 1 rings (SSSR count). The zero-order valence-electron chi connectivity index (χ0n) is 8.86. The van der Waals surface area contributed by atoms with Crippen LogP contribution in [0.25, 0.3) is 0 Å². The summed E-state index contributed by atoms with van der Waals surface area (Å²) in [6, 6.07) is 6.92. The van der Waals surface area contributed by atoms with E-state index in [0.29, 0.717) is 18.1 Å². The molecule has 0 aromatic heterocycles. The number of hydrogen-bond acceptors (Lipinski definition) is 4. The van der Waals surface area contributed by atoms with Gasteiger partial charge in [-0.25, -0.2) is 4.79 Å². The van der Waals surface area contributed by atoms with Crippen LogP contribution in [0.5, 0.6) is 11.5 Å². The molecular weight excluding hydrogens is 196 g/mol. The van der Waals surface area contributed by atoms with Gasteiger partial charge >= 0.3 is 5.97 Å². The van der Waals surface area contributed by atoms with Gasteiger partial charge in [-0.05, 0) is 19.1 Å². The molecule has 0 spiro atoms. The van der Waals surface area contributed by atoms with E-state index in [-0.39, 0.29) is 6.61 Å². The number of esters is 1. The van der Waals surface area contributed by atoms with Crippen molar-refractivity contribution in [2.75, 3.05) is 20.3 Å². The fourth-order valence-electron chi connectivity index (χ4n) is 1.07. The van der Waals surface area contributed by atoms with Crippen LogP contribution in [0, 0.1) is 0 Å². The minimum absolute atomic E-state index is 0.0567. The Bertz CT molecular complexity index is 322. The number of rotatable bonds is 5. The third-order valence-electron chi connectivity index (χ3n) is 1.61. The monoisotopic (exact) mass is 210 g/mol. The highest BCUT2D eigenvalue weighted by Crippen LogP contribution is 2.19. The summed E-state index contributed by atoms with van der Waals surface area (Å²) in [4.78, 5) is 11.1. The summed E-state index contributed by atoms with van der Waals surface area (Å²) in [7, 11) is 1.44. The van der Waals surface area contributed by atoms with E-state index in [1.54, 1.807) is 24.3 Å². The number of benzene rings is 1. The smallest absolute Gasteiger partial charge is 0.337 e. The highest BCUT2D eigenvalue weighted by Gasteiger charge is 2.04. The van der Waals surface area contributed by atoms with Gasteiger partial charge in [-0.15, -0.1) is 0 Å². The SMILES string of the molecule is CCOc1cccc(OC(=O)COC)c1. The highest BCUT2D eigenvalue weighted by atomic mass is 16.6. The van der Waals surface area contributed by atoms with Gasteiger partial charge in [0.25, 0.3) is 0 Å². The summed E-state index contributed by atoms with van der Waals surface area (Å²) in [5, 5.41) is 0. The van der Waals surface area contributed by atoms with Gasteiger partial charge in [-0.1, -0.05) is 6.07 Å². The van der Waals surface area contributed by atoms with Crippen LogP contribution in [0.3, 0.4) is 0 Å². The van der Waals surface area contributed by atoms with Crippen LogP contribution in [0.15, 0.2) is 24.3 Å². The molecule has 0 amide bonds. The van der Waals surface area contributed by atoms with Crippen LogP contribution in [0.4, 0.5) is 0 Å². The maximum absolute atomic E-state index is 11.1. The summed E-state index contributed by atoms with van der Waals surface area (Å²) < 4.78 is 14.9. The second kappa shape index (κ2) is 6.03. The molecule has 4 nitrogen and oxygen atoms in total. The van der Waals surface area contributed by atoms with Crippen molar-refractivity contribution in [1.82, 2.24) is 0 Å². The lowest BCUT2D eigenvalue weighted by atomic mass is 10.3. The van der Waals surface area contributed by atoms with Gasteiger partial charge in [0.2, 0.25) is 0 Å². The summed E-state index contributed by atoms with van der Waals surface area (Å²) in [6.45, 7) is 2.41. The van der Waals surface area contributed by atoms with Crippen molar-refractivity contribution in [3.8, 4) is 11.5 Å². The van der Waals surface area contributed by atoms with Crippen molar-refractivity contribution >= 4 is 5.97 Å². The van der Waals surface area contributed by atoms with E-state index in [1.165, 1.54) is 7.11 Å². The molecule has 0 aliphatic carbocycles. The van der Waals surface area contributed by atoms with E-state index in [1.807, 2.05) is 6.92 Å². The Morgan fingerprint density at radius 1 is 1.33 bits per heavy atom. The van der Waals surface area contributed by atoms with Crippen LogP contribution in [0.1, 0.15) is 6.92 Å². The van der Waals surface area contributed by atoms with E-state index in [0.717, 1.165) is 0 Å². The van der Waals surface area contributed by atoms with Crippen LogP contribution in [0.2, 0.25) is 0 Å². The molecule has 82 valence electrons. The van der Waals surface area contributed by atoms with Crippen molar-refractivity contribution < 1.29 is 19.0 Å². The molecular formula is C11H14O4. The Kier molecular flexibility index (Phi) is 4.63. The molecule has 15 heavy (non-hydrogen) atoms. The molecule has 1 aromatic rings. The van der Waals surface area contributed by atoms with Crippen LogP contribution < -0.4 is 9.47 Å². The minimum atomic E-state index is -0.425. The van der Waals surface area contributed by atoms with Gasteiger partial charge in [0.1, 0.15) is 18.1 Å². The van der Waals surface area contributed by atoms with E-state index in [4.69, 9.17) is 9.47 Å². The number of hydrogen-bond donors (Lipinski definition) is 0. The molecule has 0 aliphatic heterocycles. The van der Waals surface area contributed by atoms with Gasteiger partial charge < -0.3 is 14.2 Å². The molecule has 0 bridgehead atoms. The molecule has 0 saturated heterocycles. The molecule has 0 aliphatic rings. The van der Waals surface area contributed by atoms with Crippen molar-refractivity contribution in [3.63, 3.8) is 0 Å². The van der Waals surface area contributed by atoms with Crippen LogP contribution >= 0.6 is 0 Å². The van der Waals surface area contributed by atoms with Gasteiger partial charge in [0, 0.05) is 13.2 Å². The van der Waals surface area contributed by atoms with Crippen molar-refractivity contribution in [2.24, 2.45) is 0 Å². The largest absolute Gasteiger partial charge is 0.494 e. The van der Waals surface area contributed by atoms with Crippen molar-refractivity contribution in [3.05, 3.63) is 24.3 Å². The van der Waals surface area contributed by atoms with Gasteiger partial charge in [0.05, 0.1) is 6.61 Å². The Hall–Kier alpha value is -1.55. The number of carbonyl (C=O) groups excluding carboxylic acids is 1. The average Bonchev–Trinajstić information content (AvgIpc) is 2.19. The summed E-state index contributed by atoms with van der Waals surface area (Å²) in [5.74, 6) is 0.717. The molecule has 0 saturated carbocycles. The Balaban J connectivity index is 2.60. The molecule has 0 N–H and O–H groups in total. The van der Waals surface area contributed by atoms with Gasteiger partial charge in [0.15, 0.2) is 0 Å². The van der Waals surface area contributed by atoms with Crippen LogP contribution in [-0.2, 0) is 9.53 Å². The van der Waals surface area contributed by atoms with E-state index in [2.05, 4.69) is 4.74 Å². The fourth-order valence-corrected chi connectivity index (χ4v) is 1.07. The fraction of sp³-hybridized carbons (Fsp3) is 0.364.